The summed E-state index contributed by atoms with van der Waals surface area (Å²) < 4.78 is 0. The molecule has 4 N–H and O–H groups in total. The normalized spacial score (nSPS) is 39.4. The van der Waals surface area contributed by atoms with Gasteiger partial charge in [0.05, 0.1) is 34.2 Å². The van der Waals surface area contributed by atoms with E-state index >= 15 is 0 Å². The minimum Gasteiger partial charge on any atom is -0.341 e. The minimum atomic E-state index is 0.401. The molecule has 0 spiro atoms. The Morgan fingerprint density at radius 2 is 0.885 bits per heavy atom. The molecule has 0 radical (unpaired) electrons. The largest absolute Gasteiger partial charge is 0.341 e. The predicted molar refractivity (Wildman–Crippen MR) is 210 cm³/mol. The third-order valence-corrected chi connectivity index (χ3v) is 16.4. The van der Waals surface area contributed by atoms with Crippen molar-refractivity contribution in [3.63, 3.8) is 0 Å². The summed E-state index contributed by atoms with van der Waals surface area (Å²) in [7, 11) is 0. The summed E-state index contributed by atoms with van der Waals surface area (Å²) in [5, 5.41) is 7.92. The molecule has 2 aliphatic heterocycles. The molecule has 2 aromatic carbocycles. The molecule has 8 saturated carbocycles. The second-order valence-corrected chi connectivity index (χ2v) is 19.3. The molecule has 276 valence electrons. The highest BCUT2D eigenvalue weighted by Gasteiger charge is 2.40. The van der Waals surface area contributed by atoms with Crippen LogP contribution in [0.5, 0.6) is 0 Å². The van der Waals surface area contributed by atoms with E-state index in [0.29, 0.717) is 36.0 Å². The molecule has 10 aliphatic rings. The van der Waals surface area contributed by atoms with Crippen LogP contribution >= 0.6 is 0 Å². The van der Waals surface area contributed by atoms with Crippen molar-refractivity contribution >= 4 is 22.1 Å². The first kappa shape index (κ1) is 32.7. The minimum absolute atomic E-state index is 0.401. The first-order valence-electron chi connectivity index (χ1n) is 22.2. The number of rotatable bonds is 4. The van der Waals surface area contributed by atoms with Gasteiger partial charge in [-0.3, -0.25) is 0 Å². The monoisotopic (exact) mass is 699 g/mol. The van der Waals surface area contributed by atoms with Crippen molar-refractivity contribution in [1.82, 2.24) is 30.6 Å². The van der Waals surface area contributed by atoms with E-state index in [1.54, 1.807) is 11.1 Å². The van der Waals surface area contributed by atoms with Crippen LogP contribution in [-0.4, -0.2) is 32.0 Å². The molecule has 52 heavy (non-hydrogen) atoms. The lowest BCUT2D eigenvalue weighted by molar-refractivity contribution is 0.145. The second-order valence-electron chi connectivity index (χ2n) is 19.3. The van der Waals surface area contributed by atoms with E-state index in [9.17, 15) is 0 Å². The lowest BCUT2D eigenvalue weighted by Crippen LogP contribution is -2.30. The summed E-state index contributed by atoms with van der Waals surface area (Å²) in [6.45, 7) is 0. The average molecular weight is 699 g/mol. The fourth-order valence-corrected chi connectivity index (χ4v) is 13.5. The van der Waals surface area contributed by atoms with Crippen LogP contribution in [0.25, 0.3) is 22.1 Å². The van der Waals surface area contributed by atoms with Crippen molar-refractivity contribution in [1.29, 1.82) is 0 Å². The Hall–Kier alpha value is -2.70. The molecule has 14 rings (SSSR count). The summed E-state index contributed by atoms with van der Waals surface area (Å²) in [6, 6.07) is 16.9. The van der Waals surface area contributed by atoms with Gasteiger partial charge in [-0.25, -0.2) is 9.97 Å². The summed E-state index contributed by atoms with van der Waals surface area (Å²) in [5.41, 5.74) is 8.04. The molecule has 6 heteroatoms. The van der Waals surface area contributed by atoms with Gasteiger partial charge in [0, 0.05) is 12.1 Å². The van der Waals surface area contributed by atoms with Crippen molar-refractivity contribution in [3.8, 4) is 0 Å². The topological polar surface area (TPSA) is 81.4 Å². The first-order valence-corrected chi connectivity index (χ1v) is 22.2. The van der Waals surface area contributed by atoms with Gasteiger partial charge in [-0.05, 0) is 160 Å². The van der Waals surface area contributed by atoms with Crippen LogP contribution in [0.1, 0.15) is 175 Å². The highest BCUT2D eigenvalue weighted by molar-refractivity contribution is 5.77. The Kier molecular flexibility index (Phi) is 8.52. The number of benzene rings is 2. The highest BCUT2D eigenvalue weighted by atomic mass is 15.1. The summed E-state index contributed by atoms with van der Waals surface area (Å²) >= 11 is 0. The van der Waals surface area contributed by atoms with Gasteiger partial charge in [-0.1, -0.05) is 63.5 Å². The maximum Gasteiger partial charge on any atom is 0.124 e. The SMILES string of the molecule is c1cc2nc(C3C[C@@H]4CCCC[C@@H]4N3)[nH]c2cc1C1C[C@H]2CC[C@@H]1CC[C@@H]1CC[C@H](CC2)C(c2ccc3nc([C@@H]4C[C@@H]5CCCC[C@@H]5N4)[nH]c3c2)C1. The van der Waals surface area contributed by atoms with E-state index in [1.807, 2.05) is 0 Å². The smallest absolute Gasteiger partial charge is 0.124 e. The third-order valence-electron chi connectivity index (χ3n) is 16.4. The number of hydrogen-bond acceptors (Lipinski definition) is 4. The van der Waals surface area contributed by atoms with Crippen molar-refractivity contribution in [2.75, 3.05) is 0 Å². The number of aromatic amines is 2. The maximum absolute atomic E-state index is 5.15. The Bertz CT molecular complexity index is 1730. The van der Waals surface area contributed by atoms with Crippen molar-refractivity contribution < 1.29 is 0 Å². The molecule has 2 aromatic heterocycles. The summed E-state index contributed by atoms with van der Waals surface area (Å²) in [6.07, 6.45) is 27.7. The zero-order chi connectivity index (χ0) is 34.2. The van der Waals surface area contributed by atoms with E-state index in [0.717, 1.165) is 46.5 Å². The van der Waals surface area contributed by atoms with Crippen LogP contribution in [0, 0.1) is 35.5 Å². The Morgan fingerprint density at radius 1 is 0.442 bits per heavy atom. The van der Waals surface area contributed by atoms with Gasteiger partial charge in [-0.2, -0.15) is 0 Å². The van der Waals surface area contributed by atoms with Crippen LogP contribution in [0.15, 0.2) is 36.4 Å². The quantitative estimate of drug-likeness (QED) is 0.171. The molecule has 2 saturated heterocycles. The number of nitrogens with one attached hydrogen (secondary N) is 4. The number of fused-ring (bicyclic) bond motifs is 4. The van der Waals surface area contributed by atoms with Crippen LogP contribution in [0.2, 0.25) is 0 Å². The lowest BCUT2D eigenvalue weighted by atomic mass is 9.63. The van der Waals surface area contributed by atoms with Gasteiger partial charge in [0.15, 0.2) is 0 Å². The van der Waals surface area contributed by atoms with Gasteiger partial charge < -0.3 is 20.6 Å². The number of nitrogens with zero attached hydrogens (tertiary/aromatic N) is 2. The Morgan fingerprint density at radius 3 is 1.33 bits per heavy atom. The standard InChI is InChI=1S/C46H62N6/c1-3-7-37-33(5-1)25-43(47-37)45-49-39-19-17-31(23-41(39)51-45)35-21-27-9-13-29(35)15-11-28-10-14-30(16-12-27)36(22-28)32-18-20-40-42(24-32)52-46(50-40)44-26-34-6-2-4-8-38(34)48-44/h17-20,23-24,27-30,33-38,43-44,47-48H,1-16,21-22,25-26H2,(H,49,51)(H,50,52)/t27-,28-,29+,30+,33-,34-,35?,36?,37-,38-,43-,44?/m0/s1. The molecule has 4 aromatic rings. The molecule has 0 amide bonds. The molecular weight excluding hydrogens is 637 g/mol. The highest BCUT2D eigenvalue weighted by Crippen LogP contribution is 2.51. The molecule has 12 atom stereocenters. The summed E-state index contributed by atoms with van der Waals surface area (Å²) in [5.74, 6) is 8.81. The molecular formula is C46H62N6. The number of imidazole rings is 2. The molecule has 4 heterocycles. The van der Waals surface area contributed by atoms with Gasteiger partial charge in [-0.15, -0.1) is 0 Å². The zero-order valence-corrected chi connectivity index (χ0v) is 31.4. The van der Waals surface area contributed by atoms with Crippen LogP contribution in [0.4, 0.5) is 0 Å². The lowest BCUT2D eigenvalue weighted by Gasteiger charge is -2.42. The molecule has 8 aliphatic carbocycles. The Labute approximate surface area is 310 Å². The zero-order valence-electron chi connectivity index (χ0n) is 31.4. The first-order chi connectivity index (χ1) is 25.7. The molecule has 10 fully saturated rings. The van der Waals surface area contributed by atoms with Crippen molar-refractivity contribution in [2.24, 2.45) is 35.5 Å². The van der Waals surface area contributed by atoms with E-state index in [4.69, 9.17) is 9.97 Å². The van der Waals surface area contributed by atoms with E-state index in [-0.39, 0.29) is 0 Å². The number of aromatic nitrogens is 4. The predicted octanol–water partition coefficient (Wildman–Crippen LogP) is 10.9. The molecule has 4 bridgehead atoms. The Balaban J connectivity index is 0.798. The molecule has 6 nitrogen and oxygen atoms in total. The fraction of sp³-hybridized carbons (Fsp3) is 0.696. The van der Waals surface area contributed by atoms with Crippen LogP contribution in [-0.2, 0) is 0 Å². The second kappa shape index (κ2) is 13.6. The maximum atomic E-state index is 5.15. The summed E-state index contributed by atoms with van der Waals surface area (Å²) in [4.78, 5) is 18.0. The van der Waals surface area contributed by atoms with Crippen molar-refractivity contribution in [2.45, 2.75) is 164 Å². The van der Waals surface area contributed by atoms with Gasteiger partial charge in [0.25, 0.3) is 0 Å². The van der Waals surface area contributed by atoms with E-state index in [2.05, 4.69) is 57.0 Å². The van der Waals surface area contributed by atoms with E-state index in [1.165, 1.54) is 151 Å². The molecule has 3 unspecified atom stereocenters. The average Bonchev–Trinajstić information content (AvgIpc) is 3.98. The van der Waals surface area contributed by atoms with Crippen LogP contribution < -0.4 is 10.6 Å². The van der Waals surface area contributed by atoms with Gasteiger partial charge in [0.1, 0.15) is 11.6 Å². The number of H-pyrrole nitrogens is 2. The van der Waals surface area contributed by atoms with E-state index < -0.39 is 0 Å². The van der Waals surface area contributed by atoms with Gasteiger partial charge >= 0.3 is 0 Å². The third kappa shape index (κ3) is 6.06. The number of hydrogen-bond donors (Lipinski definition) is 4. The van der Waals surface area contributed by atoms with Crippen molar-refractivity contribution in [3.05, 3.63) is 59.2 Å². The fourth-order valence-electron chi connectivity index (χ4n) is 13.5. The van der Waals surface area contributed by atoms with Crippen LogP contribution in [0.3, 0.4) is 0 Å². The van der Waals surface area contributed by atoms with Gasteiger partial charge in [0.2, 0.25) is 0 Å².